The van der Waals surface area contributed by atoms with Crippen LogP contribution < -0.4 is 14.5 Å². The van der Waals surface area contributed by atoms with E-state index >= 15 is 0 Å². The van der Waals surface area contributed by atoms with E-state index in [4.69, 9.17) is 39.5 Å². The van der Waals surface area contributed by atoms with E-state index in [9.17, 15) is 14.4 Å². The fourth-order valence-corrected chi connectivity index (χ4v) is 4.78. The Morgan fingerprint density at radius 2 is 1.15 bits per heavy atom. The molecule has 1 saturated heterocycles. The number of anilines is 2. The molecule has 1 fully saturated rings. The molecule has 4 amide bonds. The second kappa shape index (κ2) is 11.3. The maximum Gasteiger partial charge on any atom is 0.343 e. The van der Waals surface area contributed by atoms with Crippen LogP contribution in [0.4, 0.5) is 16.2 Å². The van der Waals surface area contributed by atoms with Gasteiger partial charge < -0.3 is 4.74 Å². The number of ether oxygens (including phenoxy) is 1. The van der Waals surface area contributed by atoms with Crippen molar-refractivity contribution in [1.82, 2.24) is 0 Å². The average molecular weight is 578 g/mol. The van der Waals surface area contributed by atoms with E-state index in [1.807, 2.05) is 12.1 Å². The maximum absolute atomic E-state index is 13.5. The summed E-state index contributed by atoms with van der Waals surface area (Å²) in [7, 11) is 0. The van der Waals surface area contributed by atoms with Crippen molar-refractivity contribution in [2.24, 2.45) is 0 Å². The number of barbiturate groups is 1. The SMILES string of the molecule is O=C1C(=Cc2cc(Cl)c(OCc3ccc(Cl)cc3)c(Cl)c2)C(=O)N(c2ccccc2)C(=O)N1c1ccccc1. The third kappa shape index (κ3) is 5.54. The van der Waals surface area contributed by atoms with Crippen LogP contribution in [0.25, 0.3) is 6.08 Å². The lowest BCUT2D eigenvalue weighted by Gasteiger charge is -2.33. The van der Waals surface area contributed by atoms with Gasteiger partial charge in [0.25, 0.3) is 11.8 Å². The molecule has 0 radical (unpaired) electrons. The van der Waals surface area contributed by atoms with Crippen molar-refractivity contribution in [2.75, 3.05) is 9.80 Å². The molecule has 1 aliphatic heterocycles. The number of imide groups is 2. The average Bonchev–Trinajstić information content (AvgIpc) is 2.93. The summed E-state index contributed by atoms with van der Waals surface area (Å²) >= 11 is 18.9. The first kappa shape index (κ1) is 26.5. The Bertz CT molecular complexity index is 1500. The summed E-state index contributed by atoms with van der Waals surface area (Å²) in [5.74, 6) is -1.28. The molecule has 9 heteroatoms. The van der Waals surface area contributed by atoms with Crippen LogP contribution in [0, 0.1) is 0 Å². The second-order valence-corrected chi connectivity index (χ2v) is 9.77. The Kier molecular flexibility index (Phi) is 7.70. The Labute approximate surface area is 239 Å². The molecule has 0 aliphatic carbocycles. The zero-order valence-corrected chi connectivity index (χ0v) is 22.5. The number of rotatable bonds is 6. The molecule has 0 bridgehead atoms. The van der Waals surface area contributed by atoms with Crippen LogP contribution in [0.5, 0.6) is 5.75 Å². The second-order valence-electron chi connectivity index (χ2n) is 8.52. The summed E-state index contributed by atoms with van der Waals surface area (Å²) in [4.78, 5) is 42.4. The Hall–Kier alpha value is -4.10. The van der Waals surface area contributed by atoms with Gasteiger partial charge in [-0.3, -0.25) is 9.59 Å². The van der Waals surface area contributed by atoms with Gasteiger partial charge in [0, 0.05) is 5.02 Å². The van der Waals surface area contributed by atoms with Gasteiger partial charge in [0.1, 0.15) is 12.2 Å². The van der Waals surface area contributed by atoms with E-state index in [2.05, 4.69) is 0 Å². The number of hydrogen-bond donors (Lipinski definition) is 0. The number of para-hydroxylation sites is 2. The monoisotopic (exact) mass is 576 g/mol. The van der Waals surface area contributed by atoms with E-state index in [1.165, 1.54) is 18.2 Å². The van der Waals surface area contributed by atoms with E-state index in [0.29, 0.717) is 22.0 Å². The lowest BCUT2D eigenvalue weighted by molar-refractivity contribution is -0.121. The van der Waals surface area contributed by atoms with Gasteiger partial charge in [0.2, 0.25) is 0 Å². The van der Waals surface area contributed by atoms with Gasteiger partial charge in [-0.25, -0.2) is 14.6 Å². The standard InChI is InChI=1S/C30H19Cl3N2O4/c31-21-13-11-19(12-14-21)18-39-27-25(32)16-20(17-26(27)33)15-24-28(36)34(22-7-3-1-4-8-22)30(38)35(29(24)37)23-9-5-2-6-10-23/h1-17H,18H2. The molecule has 1 aliphatic rings. The predicted octanol–water partition coefficient (Wildman–Crippen LogP) is 7.81. The molecule has 4 aromatic carbocycles. The van der Waals surface area contributed by atoms with Crippen LogP contribution >= 0.6 is 34.8 Å². The van der Waals surface area contributed by atoms with Gasteiger partial charge in [-0.1, -0.05) is 83.3 Å². The molecule has 0 unspecified atom stereocenters. The van der Waals surface area contributed by atoms with Crippen LogP contribution in [-0.4, -0.2) is 17.8 Å². The zero-order chi connectivity index (χ0) is 27.5. The first-order valence-corrected chi connectivity index (χ1v) is 12.9. The number of nitrogens with zero attached hydrogens (tertiary/aromatic N) is 2. The minimum Gasteiger partial charge on any atom is -0.486 e. The minimum absolute atomic E-state index is 0.190. The highest BCUT2D eigenvalue weighted by molar-refractivity contribution is 6.46. The summed E-state index contributed by atoms with van der Waals surface area (Å²) in [5.41, 5.74) is 1.67. The normalized spacial score (nSPS) is 13.6. The number of halogens is 3. The Balaban J connectivity index is 1.51. The molecule has 0 N–H and O–H groups in total. The number of hydrogen-bond acceptors (Lipinski definition) is 4. The molecular weight excluding hydrogens is 559 g/mol. The number of amides is 4. The van der Waals surface area contributed by atoms with Crippen molar-refractivity contribution in [1.29, 1.82) is 0 Å². The van der Waals surface area contributed by atoms with Gasteiger partial charge in [-0.15, -0.1) is 0 Å². The van der Waals surface area contributed by atoms with Crippen molar-refractivity contribution in [2.45, 2.75) is 6.61 Å². The first-order valence-electron chi connectivity index (χ1n) is 11.7. The van der Waals surface area contributed by atoms with Crippen molar-refractivity contribution >= 4 is 70.1 Å². The third-order valence-corrected chi connectivity index (χ3v) is 6.72. The lowest BCUT2D eigenvalue weighted by Crippen LogP contribution is -2.57. The minimum atomic E-state index is -0.776. The zero-order valence-electron chi connectivity index (χ0n) is 20.2. The Morgan fingerprint density at radius 3 is 1.64 bits per heavy atom. The van der Waals surface area contributed by atoms with Crippen molar-refractivity contribution in [3.63, 3.8) is 0 Å². The molecule has 4 aromatic rings. The van der Waals surface area contributed by atoms with Gasteiger partial charge in [0.05, 0.1) is 21.4 Å². The van der Waals surface area contributed by atoms with Crippen LogP contribution in [0.2, 0.25) is 15.1 Å². The summed E-state index contributed by atoms with van der Waals surface area (Å²) in [6.45, 7) is 0.203. The molecule has 6 nitrogen and oxygen atoms in total. The first-order chi connectivity index (χ1) is 18.8. The molecule has 194 valence electrons. The van der Waals surface area contributed by atoms with Crippen molar-refractivity contribution < 1.29 is 19.1 Å². The molecule has 0 atom stereocenters. The van der Waals surface area contributed by atoms with Crippen LogP contribution in [0.3, 0.4) is 0 Å². The van der Waals surface area contributed by atoms with Gasteiger partial charge in [-0.2, -0.15) is 0 Å². The van der Waals surface area contributed by atoms with E-state index < -0.39 is 17.8 Å². The quantitative estimate of drug-likeness (QED) is 0.173. The van der Waals surface area contributed by atoms with E-state index in [0.717, 1.165) is 15.4 Å². The fourth-order valence-electron chi connectivity index (χ4n) is 4.04. The molecule has 0 spiro atoms. The largest absolute Gasteiger partial charge is 0.486 e. The third-order valence-electron chi connectivity index (χ3n) is 5.91. The highest BCUT2D eigenvalue weighted by Crippen LogP contribution is 2.36. The molecule has 39 heavy (non-hydrogen) atoms. The van der Waals surface area contributed by atoms with Crippen LogP contribution in [0.1, 0.15) is 11.1 Å². The highest BCUT2D eigenvalue weighted by atomic mass is 35.5. The van der Waals surface area contributed by atoms with Crippen molar-refractivity contribution in [3.8, 4) is 5.75 Å². The summed E-state index contributed by atoms with van der Waals surface area (Å²) in [6.07, 6.45) is 1.36. The van der Waals surface area contributed by atoms with Gasteiger partial charge in [0.15, 0.2) is 5.75 Å². The fraction of sp³-hybridized carbons (Fsp3) is 0.0333. The van der Waals surface area contributed by atoms with E-state index in [-0.39, 0.29) is 28.0 Å². The maximum atomic E-state index is 13.5. The number of benzene rings is 4. The summed E-state index contributed by atoms with van der Waals surface area (Å²) in [6, 6.07) is 26.2. The highest BCUT2D eigenvalue weighted by Gasteiger charge is 2.43. The predicted molar refractivity (Wildman–Crippen MR) is 153 cm³/mol. The summed E-state index contributed by atoms with van der Waals surface area (Å²) in [5, 5.41) is 0.988. The molecular formula is C30H19Cl3N2O4. The molecule has 0 saturated carbocycles. The van der Waals surface area contributed by atoms with Crippen LogP contribution in [0.15, 0.2) is 103 Å². The van der Waals surface area contributed by atoms with E-state index in [1.54, 1.807) is 72.8 Å². The lowest BCUT2D eigenvalue weighted by atomic mass is 10.0. The van der Waals surface area contributed by atoms with Gasteiger partial charge >= 0.3 is 6.03 Å². The van der Waals surface area contributed by atoms with Gasteiger partial charge in [-0.05, 0) is 65.7 Å². The summed E-state index contributed by atoms with van der Waals surface area (Å²) < 4.78 is 5.82. The topological polar surface area (TPSA) is 66.9 Å². The number of carbonyl (C=O) groups excluding carboxylic acids is 3. The van der Waals surface area contributed by atoms with Crippen LogP contribution in [-0.2, 0) is 16.2 Å². The Morgan fingerprint density at radius 1 is 0.667 bits per heavy atom. The number of urea groups is 1. The molecule has 5 rings (SSSR count). The molecule has 0 aromatic heterocycles. The smallest absolute Gasteiger partial charge is 0.343 e. The molecule has 1 heterocycles. The van der Waals surface area contributed by atoms with Crippen molar-refractivity contribution in [3.05, 3.63) is 129 Å². The number of carbonyl (C=O) groups is 3.